The van der Waals surface area contributed by atoms with Crippen molar-refractivity contribution >= 4 is 40.7 Å². The Bertz CT molecular complexity index is 715. The highest BCUT2D eigenvalue weighted by atomic mass is 35.5. The van der Waals surface area contributed by atoms with Gasteiger partial charge in [0.2, 0.25) is 11.8 Å². The number of hydrogen-bond acceptors (Lipinski definition) is 4. The van der Waals surface area contributed by atoms with Crippen LogP contribution in [0.1, 0.15) is 27.2 Å². The second-order valence-corrected chi connectivity index (χ2v) is 9.28. The van der Waals surface area contributed by atoms with Gasteiger partial charge in [-0.3, -0.25) is 19.4 Å². The summed E-state index contributed by atoms with van der Waals surface area (Å²) in [6.45, 7) is 8.31. The zero-order valence-electron chi connectivity index (χ0n) is 15.9. The standard InChI is InChI=1S/C19H26Cl2N4O2/c1-19(2,3)23-18(27)11-25-9-15-7-16(25)8-24(15)10-17(26)22-14-5-12(20)4-13(21)6-14/h4-6,15-16H,7-11H2,1-3H3,(H,22,26)(H,23,27)/t15-,16-/m0/s1. The molecule has 0 spiro atoms. The zero-order chi connectivity index (χ0) is 19.8. The monoisotopic (exact) mass is 412 g/mol. The molecule has 2 aliphatic heterocycles. The fourth-order valence-corrected chi connectivity index (χ4v) is 4.40. The summed E-state index contributed by atoms with van der Waals surface area (Å²) in [6, 6.07) is 5.62. The van der Waals surface area contributed by atoms with E-state index in [0.29, 0.717) is 40.9 Å². The van der Waals surface area contributed by atoms with Gasteiger partial charge in [0.1, 0.15) is 0 Å². The normalized spacial score (nSPS) is 22.9. The lowest BCUT2D eigenvalue weighted by Gasteiger charge is -2.34. The SMILES string of the molecule is CC(C)(C)NC(=O)CN1C[C@@H]2C[C@H]1CN2CC(=O)Nc1cc(Cl)cc(Cl)c1. The Morgan fingerprint density at radius 2 is 1.52 bits per heavy atom. The molecule has 2 atom stereocenters. The average Bonchev–Trinajstić information content (AvgIpc) is 3.03. The molecule has 2 fully saturated rings. The summed E-state index contributed by atoms with van der Waals surface area (Å²) in [4.78, 5) is 28.9. The van der Waals surface area contributed by atoms with Crippen LogP contribution in [0.4, 0.5) is 5.69 Å². The lowest BCUT2D eigenvalue weighted by molar-refractivity contribution is -0.124. The molecule has 2 saturated heterocycles. The van der Waals surface area contributed by atoms with Crippen molar-refractivity contribution in [3.05, 3.63) is 28.2 Å². The Balaban J connectivity index is 1.48. The van der Waals surface area contributed by atoms with Crippen molar-refractivity contribution < 1.29 is 9.59 Å². The van der Waals surface area contributed by atoms with Gasteiger partial charge in [0, 0.05) is 46.4 Å². The number of carbonyl (C=O) groups is 2. The molecule has 2 bridgehead atoms. The van der Waals surface area contributed by atoms with Crippen molar-refractivity contribution in [2.24, 2.45) is 0 Å². The van der Waals surface area contributed by atoms with Crippen molar-refractivity contribution in [3.63, 3.8) is 0 Å². The summed E-state index contributed by atoms with van der Waals surface area (Å²) in [6.07, 6.45) is 0.999. The molecule has 2 amide bonds. The molecule has 27 heavy (non-hydrogen) atoms. The number of likely N-dealkylation sites (tertiary alicyclic amines) is 2. The van der Waals surface area contributed by atoms with Gasteiger partial charge in [0.25, 0.3) is 0 Å². The van der Waals surface area contributed by atoms with E-state index in [4.69, 9.17) is 23.2 Å². The van der Waals surface area contributed by atoms with Gasteiger partial charge in [-0.1, -0.05) is 23.2 Å². The first-order valence-corrected chi connectivity index (χ1v) is 9.90. The van der Waals surface area contributed by atoms with Gasteiger partial charge < -0.3 is 10.6 Å². The van der Waals surface area contributed by atoms with Gasteiger partial charge in [-0.05, 0) is 45.4 Å². The molecule has 2 aliphatic rings. The fraction of sp³-hybridized carbons (Fsp3) is 0.579. The summed E-state index contributed by atoms with van der Waals surface area (Å²) in [5.41, 5.74) is 0.380. The smallest absolute Gasteiger partial charge is 0.238 e. The van der Waals surface area contributed by atoms with Crippen LogP contribution in [0.25, 0.3) is 0 Å². The summed E-state index contributed by atoms with van der Waals surface area (Å²) >= 11 is 11.9. The minimum Gasteiger partial charge on any atom is -0.350 e. The maximum absolute atomic E-state index is 12.4. The Morgan fingerprint density at radius 1 is 1.00 bits per heavy atom. The van der Waals surface area contributed by atoms with Gasteiger partial charge >= 0.3 is 0 Å². The van der Waals surface area contributed by atoms with Gasteiger partial charge in [-0.15, -0.1) is 0 Å². The molecule has 6 nitrogen and oxygen atoms in total. The van der Waals surface area contributed by atoms with E-state index in [1.54, 1.807) is 18.2 Å². The van der Waals surface area contributed by atoms with Gasteiger partial charge in [0.15, 0.2) is 0 Å². The Morgan fingerprint density at radius 3 is 2.00 bits per heavy atom. The highest BCUT2D eigenvalue weighted by Crippen LogP contribution is 2.30. The van der Waals surface area contributed by atoms with Crippen LogP contribution in [0, 0.1) is 0 Å². The third kappa shape index (κ3) is 5.57. The minimum absolute atomic E-state index is 0.0529. The van der Waals surface area contributed by atoms with E-state index >= 15 is 0 Å². The first kappa shape index (κ1) is 20.4. The molecular formula is C19H26Cl2N4O2. The second-order valence-electron chi connectivity index (χ2n) is 8.41. The quantitative estimate of drug-likeness (QED) is 0.779. The van der Waals surface area contributed by atoms with E-state index in [0.717, 1.165) is 19.5 Å². The van der Waals surface area contributed by atoms with Crippen LogP contribution in [-0.4, -0.2) is 65.4 Å². The van der Waals surface area contributed by atoms with Crippen molar-refractivity contribution in [2.75, 3.05) is 31.5 Å². The molecule has 0 aliphatic carbocycles. The first-order chi connectivity index (χ1) is 12.6. The van der Waals surface area contributed by atoms with E-state index < -0.39 is 0 Å². The third-order valence-electron chi connectivity index (χ3n) is 4.82. The van der Waals surface area contributed by atoms with Crippen molar-refractivity contribution in [2.45, 2.75) is 44.8 Å². The van der Waals surface area contributed by atoms with E-state index in [-0.39, 0.29) is 17.4 Å². The highest BCUT2D eigenvalue weighted by molar-refractivity contribution is 6.35. The van der Waals surface area contributed by atoms with Crippen molar-refractivity contribution in [1.29, 1.82) is 0 Å². The largest absolute Gasteiger partial charge is 0.350 e. The Labute approximate surface area is 170 Å². The number of piperazine rings is 1. The number of amides is 2. The molecule has 0 aromatic heterocycles. The lowest BCUT2D eigenvalue weighted by atomic mass is 10.1. The molecule has 1 aromatic rings. The third-order valence-corrected chi connectivity index (χ3v) is 5.26. The molecule has 148 valence electrons. The minimum atomic E-state index is -0.219. The summed E-state index contributed by atoms with van der Waals surface area (Å²) in [7, 11) is 0. The number of carbonyl (C=O) groups excluding carboxylic acids is 2. The number of fused-ring (bicyclic) bond motifs is 2. The number of rotatable bonds is 5. The van der Waals surface area contributed by atoms with Crippen LogP contribution in [0.15, 0.2) is 18.2 Å². The summed E-state index contributed by atoms with van der Waals surface area (Å²) in [5, 5.41) is 6.83. The number of halogens is 2. The van der Waals surface area contributed by atoms with Crippen LogP contribution < -0.4 is 10.6 Å². The molecule has 2 N–H and O–H groups in total. The van der Waals surface area contributed by atoms with Crippen LogP contribution in [-0.2, 0) is 9.59 Å². The number of benzene rings is 1. The first-order valence-electron chi connectivity index (χ1n) is 9.14. The van der Waals surface area contributed by atoms with Crippen LogP contribution in [0.5, 0.6) is 0 Å². The lowest BCUT2D eigenvalue weighted by Crippen LogP contribution is -2.52. The van der Waals surface area contributed by atoms with Crippen molar-refractivity contribution in [1.82, 2.24) is 15.1 Å². The van der Waals surface area contributed by atoms with Gasteiger partial charge in [-0.25, -0.2) is 0 Å². The van der Waals surface area contributed by atoms with Crippen LogP contribution in [0.2, 0.25) is 10.0 Å². The van der Waals surface area contributed by atoms with Gasteiger partial charge in [-0.2, -0.15) is 0 Å². The number of nitrogens with zero attached hydrogens (tertiary/aromatic N) is 2. The molecule has 0 radical (unpaired) electrons. The maximum Gasteiger partial charge on any atom is 0.238 e. The molecule has 3 rings (SSSR count). The number of anilines is 1. The topological polar surface area (TPSA) is 64.7 Å². The molecule has 2 heterocycles. The average molecular weight is 413 g/mol. The Hall–Kier alpha value is -1.34. The number of nitrogens with one attached hydrogen (secondary N) is 2. The summed E-state index contributed by atoms with van der Waals surface area (Å²) < 4.78 is 0. The molecule has 1 aromatic carbocycles. The zero-order valence-corrected chi connectivity index (χ0v) is 17.4. The molecular weight excluding hydrogens is 387 g/mol. The predicted molar refractivity (Wildman–Crippen MR) is 108 cm³/mol. The molecule has 0 unspecified atom stereocenters. The number of hydrogen-bond donors (Lipinski definition) is 2. The highest BCUT2D eigenvalue weighted by Gasteiger charge is 2.44. The van der Waals surface area contributed by atoms with Crippen LogP contribution >= 0.6 is 23.2 Å². The molecule has 8 heteroatoms. The van der Waals surface area contributed by atoms with E-state index in [1.807, 2.05) is 20.8 Å². The van der Waals surface area contributed by atoms with E-state index in [1.165, 1.54) is 0 Å². The maximum atomic E-state index is 12.4. The van der Waals surface area contributed by atoms with Crippen LogP contribution in [0.3, 0.4) is 0 Å². The van der Waals surface area contributed by atoms with E-state index in [9.17, 15) is 9.59 Å². The van der Waals surface area contributed by atoms with Gasteiger partial charge in [0.05, 0.1) is 13.1 Å². The van der Waals surface area contributed by atoms with Crippen molar-refractivity contribution in [3.8, 4) is 0 Å². The fourth-order valence-electron chi connectivity index (χ4n) is 3.87. The summed E-state index contributed by atoms with van der Waals surface area (Å²) in [5.74, 6) is -0.0323. The Kier molecular flexibility index (Phi) is 6.01. The van der Waals surface area contributed by atoms with E-state index in [2.05, 4.69) is 20.4 Å². The molecule has 0 saturated carbocycles. The predicted octanol–water partition coefficient (Wildman–Crippen LogP) is 2.61. The second kappa shape index (κ2) is 7.95.